The molecule has 1 fully saturated rings. The molecule has 1 aromatic heterocycles. The van der Waals surface area contributed by atoms with Crippen LogP contribution >= 0.6 is 0 Å². The molecule has 20 heavy (non-hydrogen) atoms. The van der Waals surface area contributed by atoms with Gasteiger partial charge in [-0.05, 0) is 31.9 Å². The van der Waals surface area contributed by atoms with Crippen molar-refractivity contribution in [3.05, 3.63) is 23.7 Å². The third kappa shape index (κ3) is 2.95. The van der Waals surface area contributed by atoms with Crippen LogP contribution < -0.4 is 5.32 Å². The highest BCUT2D eigenvalue weighted by molar-refractivity contribution is 5.77. The molecule has 1 aliphatic heterocycles. The van der Waals surface area contributed by atoms with Crippen molar-refractivity contribution in [2.24, 2.45) is 11.8 Å². The topological polar surface area (TPSA) is 82.8 Å². The van der Waals surface area contributed by atoms with Crippen LogP contribution in [-0.2, 0) is 4.79 Å². The molecule has 1 aliphatic rings. The number of aliphatic carboxylic acids is 1. The second kappa shape index (κ2) is 5.56. The average molecular weight is 280 g/mol. The summed E-state index contributed by atoms with van der Waals surface area (Å²) in [5.74, 6) is 0.128. The van der Waals surface area contributed by atoms with Gasteiger partial charge in [-0.3, -0.25) is 4.79 Å². The number of nitrogens with one attached hydrogen (secondary N) is 1. The monoisotopic (exact) mass is 280 g/mol. The first-order valence-corrected chi connectivity index (χ1v) is 6.73. The third-order valence-corrected chi connectivity index (χ3v) is 3.74. The van der Waals surface area contributed by atoms with E-state index in [0.717, 1.165) is 5.76 Å². The number of likely N-dealkylation sites (tertiary alicyclic amines) is 1. The predicted octanol–water partition coefficient (Wildman–Crippen LogP) is 2.01. The van der Waals surface area contributed by atoms with Crippen molar-refractivity contribution in [2.45, 2.75) is 26.8 Å². The van der Waals surface area contributed by atoms with Crippen LogP contribution in [0.1, 0.15) is 31.4 Å². The lowest BCUT2D eigenvalue weighted by Crippen LogP contribution is -2.40. The summed E-state index contributed by atoms with van der Waals surface area (Å²) in [6.45, 7) is 6.26. The first-order chi connectivity index (χ1) is 9.38. The van der Waals surface area contributed by atoms with Gasteiger partial charge in [-0.25, -0.2) is 4.79 Å². The van der Waals surface area contributed by atoms with Crippen LogP contribution in [0.15, 0.2) is 16.5 Å². The van der Waals surface area contributed by atoms with Gasteiger partial charge in [0.1, 0.15) is 11.5 Å². The quantitative estimate of drug-likeness (QED) is 0.887. The first kappa shape index (κ1) is 14.4. The second-order valence-electron chi connectivity index (χ2n) is 5.45. The Hall–Kier alpha value is -1.98. The summed E-state index contributed by atoms with van der Waals surface area (Å²) in [6.07, 6.45) is 0. The van der Waals surface area contributed by atoms with Crippen molar-refractivity contribution in [3.63, 3.8) is 0 Å². The van der Waals surface area contributed by atoms with E-state index >= 15 is 0 Å². The van der Waals surface area contributed by atoms with Gasteiger partial charge in [0.2, 0.25) is 0 Å². The van der Waals surface area contributed by atoms with Crippen molar-refractivity contribution in [3.8, 4) is 0 Å². The molecule has 3 atom stereocenters. The van der Waals surface area contributed by atoms with Crippen LogP contribution in [0.5, 0.6) is 0 Å². The third-order valence-electron chi connectivity index (χ3n) is 3.74. The molecule has 1 aromatic rings. The highest BCUT2D eigenvalue weighted by atomic mass is 16.4. The number of carboxylic acids is 1. The van der Waals surface area contributed by atoms with Gasteiger partial charge < -0.3 is 19.7 Å². The van der Waals surface area contributed by atoms with Crippen LogP contribution in [0.3, 0.4) is 0 Å². The summed E-state index contributed by atoms with van der Waals surface area (Å²) in [5, 5.41) is 11.9. The van der Waals surface area contributed by atoms with Crippen LogP contribution in [0.4, 0.5) is 4.79 Å². The number of rotatable bonds is 3. The lowest BCUT2D eigenvalue weighted by atomic mass is 9.99. The number of nitrogens with zero attached hydrogens (tertiary/aromatic N) is 1. The van der Waals surface area contributed by atoms with E-state index in [0.29, 0.717) is 12.3 Å². The summed E-state index contributed by atoms with van der Waals surface area (Å²) in [7, 11) is 0. The van der Waals surface area contributed by atoms with Crippen molar-refractivity contribution in [1.82, 2.24) is 10.2 Å². The Morgan fingerprint density at radius 3 is 2.65 bits per heavy atom. The SMILES string of the molecule is Cc1ccc(C(C)NC(=O)N2CC(C)C(C(=O)O)C2)o1. The largest absolute Gasteiger partial charge is 0.481 e. The van der Waals surface area contributed by atoms with Crippen molar-refractivity contribution < 1.29 is 19.1 Å². The summed E-state index contributed by atoms with van der Waals surface area (Å²) < 4.78 is 5.46. The van der Waals surface area contributed by atoms with E-state index < -0.39 is 11.9 Å². The summed E-state index contributed by atoms with van der Waals surface area (Å²) in [6, 6.07) is 3.18. The molecule has 2 N–H and O–H groups in total. The minimum absolute atomic E-state index is 0.0283. The second-order valence-corrected chi connectivity index (χ2v) is 5.45. The Morgan fingerprint density at radius 2 is 2.15 bits per heavy atom. The van der Waals surface area contributed by atoms with E-state index in [1.807, 2.05) is 32.9 Å². The van der Waals surface area contributed by atoms with E-state index in [9.17, 15) is 9.59 Å². The Bertz CT molecular complexity index is 511. The Kier molecular flexibility index (Phi) is 4.01. The molecule has 0 aromatic carbocycles. The van der Waals surface area contributed by atoms with E-state index in [1.54, 1.807) is 4.90 Å². The van der Waals surface area contributed by atoms with Gasteiger partial charge >= 0.3 is 12.0 Å². The van der Waals surface area contributed by atoms with Gasteiger partial charge in [0, 0.05) is 13.1 Å². The van der Waals surface area contributed by atoms with Crippen LogP contribution in [-0.4, -0.2) is 35.1 Å². The van der Waals surface area contributed by atoms with Crippen molar-refractivity contribution in [1.29, 1.82) is 0 Å². The minimum Gasteiger partial charge on any atom is -0.481 e. The predicted molar refractivity (Wildman–Crippen MR) is 72.3 cm³/mol. The van der Waals surface area contributed by atoms with Crippen LogP contribution in [0.25, 0.3) is 0 Å². The molecule has 110 valence electrons. The van der Waals surface area contributed by atoms with E-state index in [4.69, 9.17) is 9.52 Å². The molecule has 0 bridgehead atoms. The molecule has 6 heteroatoms. The van der Waals surface area contributed by atoms with Gasteiger partial charge in [-0.15, -0.1) is 0 Å². The number of carbonyl (C=O) groups is 2. The summed E-state index contributed by atoms with van der Waals surface area (Å²) in [5.41, 5.74) is 0. The smallest absolute Gasteiger partial charge is 0.318 e. The molecule has 0 saturated carbocycles. The standard InChI is InChI=1S/C14H20N2O4/c1-8-6-16(7-11(8)13(17)18)14(19)15-10(3)12-5-4-9(2)20-12/h4-5,8,10-11H,6-7H2,1-3H3,(H,15,19)(H,17,18). The fourth-order valence-corrected chi connectivity index (χ4v) is 2.49. The number of hydrogen-bond donors (Lipinski definition) is 2. The summed E-state index contributed by atoms with van der Waals surface area (Å²) >= 11 is 0. The van der Waals surface area contributed by atoms with Gasteiger partial charge in [0.05, 0.1) is 12.0 Å². The molecular formula is C14H20N2O4. The molecular weight excluding hydrogens is 260 g/mol. The van der Waals surface area contributed by atoms with Crippen LogP contribution in [0.2, 0.25) is 0 Å². The highest BCUT2D eigenvalue weighted by Crippen LogP contribution is 2.24. The summed E-state index contributed by atoms with van der Waals surface area (Å²) in [4.78, 5) is 24.7. The molecule has 3 unspecified atom stereocenters. The Morgan fingerprint density at radius 1 is 1.45 bits per heavy atom. The van der Waals surface area contributed by atoms with Gasteiger partial charge in [0.25, 0.3) is 0 Å². The van der Waals surface area contributed by atoms with Gasteiger partial charge in [-0.1, -0.05) is 6.92 Å². The minimum atomic E-state index is -0.845. The normalized spacial score (nSPS) is 23.6. The fraction of sp³-hybridized carbons (Fsp3) is 0.571. The van der Waals surface area contributed by atoms with E-state index in [-0.39, 0.29) is 24.5 Å². The molecule has 2 heterocycles. The molecule has 6 nitrogen and oxygen atoms in total. The maximum atomic E-state index is 12.1. The van der Waals surface area contributed by atoms with E-state index in [2.05, 4.69) is 5.32 Å². The maximum absolute atomic E-state index is 12.1. The lowest BCUT2D eigenvalue weighted by Gasteiger charge is -2.19. The maximum Gasteiger partial charge on any atom is 0.318 e. The van der Waals surface area contributed by atoms with Gasteiger partial charge in [-0.2, -0.15) is 0 Å². The molecule has 2 amide bonds. The number of urea groups is 1. The first-order valence-electron chi connectivity index (χ1n) is 6.73. The number of carboxylic acid groups (broad SMARTS) is 1. The molecule has 0 aliphatic carbocycles. The Labute approximate surface area is 117 Å². The molecule has 0 spiro atoms. The van der Waals surface area contributed by atoms with E-state index in [1.165, 1.54) is 0 Å². The van der Waals surface area contributed by atoms with Crippen molar-refractivity contribution >= 4 is 12.0 Å². The number of furan rings is 1. The Balaban J connectivity index is 1.94. The molecule has 0 radical (unpaired) electrons. The number of carbonyl (C=O) groups excluding carboxylic acids is 1. The zero-order chi connectivity index (χ0) is 14.9. The lowest BCUT2D eigenvalue weighted by molar-refractivity contribution is -0.142. The fourth-order valence-electron chi connectivity index (χ4n) is 2.49. The van der Waals surface area contributed by atoms with Crippen LogP contribution in [0, 0.1) is 18.8 Å². The zero-order valence-electron chi connectivity index (χ0n) is 11.9. The zero-order valence-corrected chi connectivity index (χ0v) is 11.9. The molecule has 2 rings (SSSR count). The molecule has 1 saturated heterocycles. The average Bonchev–Trinajstić information content (AvgIpc) is 2.95. The number of aryl methyl sites for hydroxylation is 1. The highest BCUT2D eigenvalue weighted by Gasteiger charge is 2.37. The van der Waals surface area contributed by atoms with Crippen molar-refractivity contribution in [2.75, 3.05) is 13.1 Å². The van der Waals surface area contributed by atoms with Gasteiger partial charge in [0.15, 0.2) is 0 Å². The number of hydrogen-bond acceptors (Lipinski definition) is 3. The number of amides is 2.